The lowest BCUT2D eigenvalue weighted by atomic mass is 9.84. The van der Waals surface area contributed by atoms with E-state index in [-0.39, 0.29) is 31.1 Å². The van der Waals surface area contributed by atoms with E-state index in [9.17, 15) is 24.2 Å². The Balaban J connectivity index is 0.000000346. The molecule has 0 spiro atoms. The van der Waals surface area contributed by atoms with Crippen LogP contribution in [0.1, 0.15) is 42.7 Å². The van der Waals surface area contributed by atoms with Gasteiger partial charge in [0, 0.05) is 40.8 Å². The molecule has 0 saturated heterocycles. The molecule has 15 nitrogen and oxygen atoms in total. The smallest absolute Gasteiger partial charge is 0.374 e. The molecular weight excluding hydrogens is 837 g/mol. The zero-order chi connectivity index (χ0) is 43.9. The van der Waals surface area contributed by atoms with Gasteiger partial charge in [-0.15, -0.1) is 5.92 Å². The molecule has 17 heteroatoms. The highest BCUT2D eigenvalue weighted by Gasteiger charge is 2.51. The van der Waals surface area contributed by atoms with Crippen molar-refractivity contribution in [2.75, 3.05) is 46.4 Å². The number of methoxy groups -OCH3 is 4. The number of nitrogens with zero attached hydrogens (tertiary/aromatic N) is 3. The van der Waals surface area contributed by atoms with Crippen LogP contribution in [0, 0.1) is 11.8 Å². The number of carbonyl (C=O) groups excluding carboxylic acids is 5. The van der Waals surface area contributed by atoms with Crippen LogP contribution in [0.5, 0.6) is 0 Å². The third kappa shape index (κ3) is 10.7. The fourth-order valence-electron chi connectivity index (χ4n) is 6.98. The van der Waals surface area contributed by atoms with Gasteiger partial charge in [0.05, 0.1) is 52.5 Å². The van der Waals surface area contributed by atoms with Crippen LogP contribution in [0.4, 0.5) is 5.69 Å². The maximum atomic E-state index is 13.7. The Labute approximate surface area is 358 Å². The largest absolute Gasteiger partial charge is 0.471 e. The van der Waals surface area contributed by atoms with E-state index < -0.39 is 37.0 Å². The molecule has 2 aliphatic heterocycles. The molecule has 0 radical (unpaired) electrons. The molecule has 3 atom stereocenters. The van der Waals surface area contributed by atoms with E-state index in [0.29, 0.717) is 30.8 Å². The van der Waals surface area contributed by atoms with Gasteiger partial charge in [-0.2, -0.15) is 0 Å². The summed E-state index contributed by atoms with van der Waals surface area (Å²) < 4.78 is 19.6. The number of anilines is 1. The highest BCUT2D eigenvalue weighted by molar-refractivity contribution is 9.10. The van der Waals surface area contributed by atoms with E-state index in [2.05, 4.69) is 47.7 Å². The standard InChI is InChI=1S/C28H26BrN3O5.C13H17BN2O3.C2H4O2.H2/c1-5-7-16-32-20-11-9-8-10-19(20)21-24(32)22(27(34)36-3)23(28(35)37-4)30-25(21)31(6-2)26(33)17-12-14-18(29)15-13-17;1-14(18)16-12(13(17)19-2)7-9-8-15-11-6-4-3-5-10(9)11;1-4-2-3;/h8-15,21,24H,6,16H2,1-4H3;3-6,8,12,15-16,18H,7H2,1-2H3;2H,1H3;1H/t;12-;;/m.1../s1. The number of esters is 3. The second-order valence-corrected chi connectivity index (χ2v) is 14.0. The highest BCUT2D eigenvalue weighted by atomic mass is 79.9. The van der Waals surface area contributed by atoms with E-state index >= 15 is 0 Å². The molecule has 60 heavy (non-hydrogen) atoms. The van der Waals surface area contributed by atoms with Gasteiger partial charge in [0.1, 0.15) is 11.9 Å². The molecule has 0 aliphatic carbocycles. The Kier molecular flexibility index (Phi) is 17.2. The Morgan fingerprint density at radius 3 is 2.27 bits per heavy atom. The fraction of sp³-hybridized carbons (Fsp3) is 0.302. The minimum absolute atomic E-state index is 0. The van der Waals surface area contributed by atoms with E-state index in [4.69, 9.17) is 19.0 Å². The number of rotatable bonds is 11. The number of hydrogen-bond acceptors (Lipinski definition) is 13. The zero-order valence-corrected chi connectivity index (χ0v) is 35.9. The number of aliphatic imine (C=N–C) groups is 1. The molecule has 0 saturated carbocycles. The normalized spacial score (nSPS) is 15.2. The molecule has 1 aromatic heterocycles. The Hall–Kier alpha value is -6.22. The number of ether oxygens (including phenoxy) is 4. The van der Waals surface area contributed by atoms with Crippen molar-refractivity contribution < 1.29 is 49.4 Å². The summed E-state index contributed by atoms with van der Waals surface area (Å²) in [5.74, 6) is 3.65. The predicted octanol–water partition coefficient (Wildman–Crippen LogP) is 4.91. The number of carbonyl (C=O) groups is 5. The average molecular weight is 887 g/mol. The summed E-state index contributed by atoms with van der Waals surface area (Å²) in [6.07, 6.45) is 2.34. The first-order chi connectivity index (χ1) is 28.9. The molecule has 3 aromatic carbocycles. The van der Waals surface area contributed by atoms with Crippen molar-refractivity contribution in [3.05, 3.63) is 111 Å². The summed E-state index contributed by atoms with van der Waals surface area (Å²) in [6.45, 7) is 6.11. The van der Waals surface area contributed by atoms with Crippen LogP contribution in [0.3, 0.4) is 0 Å². The second-order valence-electron chi connectivity index (χ2n) is 13.1. The van der Waals surface area contributed by atoms with Crippen molar-refractivity contribution in [1.82, 2.24) is 15.1 Å². The van der Waals surface area contributed by atoms with Crippen LogP contribution >= 0.6 is 15.9 Å². The van der Waals surface area contributed by atoms with Crippen LogP contribution in [-0.4, -0.2) is 112 Å². The Bertz CT molecular complexity index is 2310. The van der Waals surface area contributed by atoms with E-state index in [0.717, 1.165) is 32.2 Å². The van der Waals surface area contributed by atoms with Crippen molar-refractivity contribution in [1.29, 1.82) is 0 Å². The number of aromatic nitrogens is 1. The van der Waals surface area contributed by atoms with Crippen LogP contribution < -0.4 is 10.1 Å². The molecule has 1 amide bonds. The first-order valence-electron chi connectivity index (χ1n) is 18.8. The Morgan fingerprint density at radius 1 is 1.02 bits per heavy atom. The Morgan fingerprint density at radius 2 is 1.67 bits per heavy atom. The summed E-state index contributed by atoms with van der Waals surface area (Å²) in [6, 6.07) is 21.3. The number of amidine groups is 1. The van der Waals surface area contributed by atoms with Crippen molar-refractivity contribution >= 4 is 75.7 Å². The SMILES string of the molecule is CC#CCN1c2ccccc2C2C(N(CC)C(=O)c3ccc(Br)cc3)=NC(C(=O)OC)=C(C(=O)OC)C21.COC(=O)[C@@H](Cc1c[nH]c2ccccc12)NB(C)O.COC=O.[HH]. The molecule has 316 valence electrons. The molecule has 2 unspecified atom stereocenters. The number of aromatic amines is 1. The van der Waals surface area contributed by atoms with Gasteiger partial charge in [-0.05, 0) is 74.6 Å². The number of benzene rings is 3. The summed E-state index contributed by atoms with van der Waals surface area (Å²) in [4.78, 5) is 71.8. The third-order valence-electron chi connectivity index (χ3n) is 9.55. The molecule has 4 aromatic rings. The molecule has 2 aliphatic rings. The van der Waals surface area contributed by atoms with Gasteiger partial charge in [-0.25, -0.2) is 14.6 Å². The number of nitrogens with one attached hydrogen (secondary N) is 2. The number of H-pyrrole nitrogens is 1. The summed E-state index contributed by atoms with van der Waals surface area (Å²) >= 11 is 3.40. The van der Waals surface area contributed by atoms with Crippen molar-refractivity contribution in [2.45, 2.75) is 45.1 Å². The van der Waals surface area contributed by atoms with Gasteiger partial charge in [-0.1, -0.05) is 58.2 Å². The van der Waals surface area contributed by atoms with Crippen molar-refractivity contribution in [3.8, 4) is 11.8 Å². The molecule has 6 rings (SSSR count). The first-order valence-corrected chi connectivity index (χ1v) is 19.6. The maximum Gasteiger partial charge on any atom is 0.374 e. The number of fused-ring (bicyclic) bond motifs is 4. The zero-order valence-electron chi connectivity index (χ0n) is 34.4. The summed E-state index contributed by atoms with van der Waals surface area (Å²) in [5.41, 5.74) is 4.10. The van der Waals surface area contributed by atoms with Crippen molar-refractivity contribution in [2.24, 2.45) is 4.99 Å². The number of amides is 1. The van der Waals surface area contributed by atoms with Crippen molar-refractivity contribution in [3.63, 3.8) is 0 Å². The molecule has 3 N–H and O–H groups in total. The van der Waals surface area contributed by atoms with Gasteiger partial charge in [0.25, 0.3) is 12.4 Å². The van der Waals surface area contributed by atoms with E-state index in [1.54, 1.807) is 42.9 Å². The van der Waals surface area contributed by atoms with Gasteiger partial charge in [0.2, 0.25) is 0 Å². The average Bonchev–Trinajstić information content (AvgIpc) is 3.83. The quantitative estimate of drug-likeness (QED) is 0.0609. The third-order valence-corrected chi connectivity index (χ3v) is 10.1. The maximum absolute atomic E-state index is 13.7. The molecule has 0 fully saturated rings. The van der Waals surface area contributed by atoms with Gasteiger partial charge < -0.3 is 39.1 Å². The lowest BCUT2D eigenvalue weighted by molar-refractivity contribution is -0.142. The van der Waals surface area contributed by atoms with Gasteiger partial charge in [0.15, 0.2) is 5.70 Å². The molecule has 3 heterocycles. The molecule has 0 bridgehead atoms. The van der Waals surface area contributed by atoms with Crippen LogP contribution in [0.15, 0.2) is 99.7 Å². The van der Waals surface area contributed by atoms with E-state index in [1.807, 2.05) is 66.6 Å². The number of hydrogen-bond donors (Lipinski definition) is 3. The van der Waals surface area contributed by atoms with E-state index in [1.165, 1.54) is 28.4 Å². The summed E-state index contributed by atoms with van der Waals surface area (Å²) in [5, 5.41) is 13.3. The fourth-order valence-corrected chi connectivity index (χ4v) is 7.24. The topological polar surface area (TPSA) is 189 Å². The van der Waals surface area contributed by atoms with Gasteiger partial charge in [-0.3, -0.25) is 19.3 Å². The monoisotopic (exact) mass is 885 g/mol. The van der Waals surface area contributed by atoms with Gasteiger partial charge >= 0.3 is 25.0 Å². The predicted molar refractivity (Wildman–Crippen MR) is 233 cm³/mol. The lowest BCUT2D eigenvalue weighted by Gasteiger charge is -2.37. The van der Waals surface area contributed by atoms with Crippen LogP contribution in [-0.2, 0) is 44.5 Å². The number of likely N-dealkylation sites (N-methyl/N-ethyl adjacent to an activating group) is 1. The second kappa shape index (κ2) is 22.2. The molecular formula is C43H49BBrN5O10. The highest BCUT2D eigenvalue weighted by Crippen LogP contribution is 2.48. The number of halogens is 1. The first kappa shape index (κ1) is 46.5. The minimum Gasteiger partial charge on any atom is -0.471 e. The number of para-hydroxylation sites is 2. The van der Waals surface area contributed by atoms with Crippen LogP contribution in [0.25, 0.3) is 10.9 Å². The minimum atomic E-state index is -0.791. The summed E-state index contributed by atoms with van der Waals surface area (Å²) in [7, 11) is 4.36. The van der Waals surface area contributed by atoms with Crippen LogP contribution in [0.2, 0.25) is 6.82 Å². The lowest BCUT2D eigenvalue weighted by Crippen LogP contribution is -2.50.